The number of nitrogens with one attached hydrogen (secondary N) is 1. The van der Waals surface area contributed by atoms with Crippen molar-refractivity contribution in [1.82, 2.24) is 9.88 Å². The summed E-state index contributed by atoms with van der Waals surface area (Å²) < 4.78 is 2.14. The van der Waals surface area contributed by atoms with Crippen molar-refractivity contribution in [2.24, 2.45) is 0 Å². The van der Waals surface area contributed by atoms with Crippen LogP contribution in [0.1, 0.15) is 30.0 Å². The molecule has 3 nitrogen and oxygen atoms in total. The van der Waals surface area contributed by atoms with E-state index in [9.17, 15) is 4.79 Å². The molecule has 0 saturated carbocycles. The Morgan fingerprint density at radius 2 is 1.93 bits per heavy atom. The van der Waals surface area contributed by atoms with Gasteiger partial charge in [-0.2, -0.15) is 0 Å². The van der Waals surface area contributed by atoms with Crippen molar-refractivity contribution in [2.75, 3.05) is 0 Å². The molecule has 1 atom stereocenters. The number of fused-ring (bicyclic) bond motifs is 2. The quantitative estimate of drug-likeness (QED) is 0.489. The maximum absolute atomic E-state index is 13.0. The summed E-state index contributed by atoms with van der Waals surface area (Å²) in [7, 11) is 0. The van der Waals surface area contributed by atoms with E-state index in [4.69, 9.17) is 0 Å². The van der Waals surface area contributed by atoms with Crippen LogP contribution < -0.4 is 5.32 Å². The summed E-state index contributed by atoms with van der Waals surface area (Å²) in [6.45, 7) is 0.333. The van der Waals surface area contributed by atoms with Crippen LogP contribution in [0.25, 0.3) is 21.5 Å². The van der Waals surface area contributed by atoms with E-state index in [2.05, 4.69) is 69.9 Å². The van der Waals surface area contributed by atoms with Crippen molar-refractivity contribution in [3.05, 3.63) is 83.2 Å². The van der Waals surface area contributed by atoms with Gasteiger partial charge in [0.2, 0.25) is 5.91 Å². The molecule has 4 aromatic rings. The molecule has 28 heavy (non-hydrogen) atoms. The highest BCUT2D eigenvalue weighted by Gasteiger charge is 2.22. The largest absolute Gasteiger partial charge is 0.348 e. The minimum Gasteiger partial charge on any atom is -0.348 e. The van der Waals surface area contributed by atoms with Gasteiger partial charge in [-0.3, -0.25) is 4.79 Å². The highest BCUT2D eigenvalue weighted by atomic mass is 32.1. The zero-order valence-corrected chi connectivity index (χ0v) is 16.4. The minimum absolute atomic E-state index is 0.0702. The van der Waals surface area contributed by atoms with Crippen molar-refractivity contribution < 1.29 is 4.79 Å². The van der Waals surface area contributed by atoms with Gasteiger partial charge in [0.05, 0.1) is 16.6 Å². The number of amides is 1. The van der Waals surface area contributed by atoms with E-state index in [1.807, 2.05) is 12.1 Å². The normalized spacial score (nSPS) is 16.1. The number of para-hydroxylation sites is 1. The number of hydrogen-bond donors (Lipinski definition) is 1. The van der Waals surface area contributed by atoms with E-state index in [0.29, 0.717) is 6.54 Å². The molecule has 1 aliphatic rings. The second-order valence-corrected chi connectivity index (χ2v) is 8.31. The van der Waals surface area contributed by atoms with Gasteiger partial charge in [0.15, 0.2) is 0 Å². The fourth-order valence-electron chi connectivity index (χ4n) is 4.30. The van der Waals surface area contributed by atoms with Crippen LogP contribution in [0.4, 0.5) is 0 Å². The number of carbonyl (C=O) groups excluding carboxylic acids is 1. The Hall–Kier alpha value is -2.85. The van der Waals surface area contributed by atoms with E-state index in [0.717, 1.165) is 30.5 Å². The summed E-state index contributed by atoms with van der Waals surface area (Å²) in [5, 5.41) is 6.54. The van der Waals surface area contributed by atoms with Crippen molar-refractivity contribution in [3.8, 4) is 10.6 Å². The first kappa shape index (κ1) is 17.3. The Balaban J connectivity index is 1.45. The number of rotatable bonds is 4. The summed E-state index contributed by atoms with van der Waals surface area (Å²) in [6.07, 6.45) is 3.23. The molecule has 2 aromatic heterocycles. The fraction of sp³-hybridized carbons (Fsp3) is 0.208. The standard InChI is InChI=1S/C24H22N2OS/c27-24(25-20-11-5-9-17-7-1-3-10-19(17)20)16-26-21-12-4-2-8-18(21)15-22(26)23-13-6-14-28-23/h1-4,6-8,10,12-15,20H,5,9,11,16H2,(H,25,27)/t20-/m1/s1. The van der Waals surface area contributed by atoms with E-state index in [1.165, 1.54) is 21.4 Å². The summed E-state index contributed by atoms with van der Waals surface area (Å²) in [5.41, 5.74) is 4.85. The zero-order chi connectivity index (χ0) is 18.9. The third-order valence-corrected chi connectivity index (χ3v) is 6.48. The van der Waals surface area contributed by atoms with E-state index < -0.39 is 0 Å². The molecular formula is C24H22N2OS. The number of carbonyl (C=O) groups is 1. The summed E-state index contributed by atoms with van der Waals surface area (Å²) in [5.74, 6) is 0.0702. The Morgan fingerprint density at radius 1 is 1.07 bits per heavy atom. The van der Waals surface area contributed by atoms with E-state index in [1.54, 1.807) is 11.3 Å². The van der Waals surface area contributed by atoms with E-state index >= 15 is 0 Å². The predicted octanol–water partition coefficient (Wildman–Crippen LogP) is 5.56. The van der Waals surface area contributed by atoms with Crippen LogP contribution in [0.2, 0.25) is 0 Å². The lowest BCUT2D eigenvalue weighted by Gasteiger charge is -2.26. The lowest BCUT2D eigenvalue weighted by atomic mass is 9.88. The van der Waals surface area contributed by atoms with Gasteiger partial charge in [0.25, 0.3) is 0 Å². The summed E-state index contributed by atoms with van der Waals surface area (Å²) in [6, 6.07) is 23.2. The Kier molecular flexibility index (Phi) is 4.49. The predicted molar refractivity (Wildman–Crippen MR) is 116 cm³/mol. The van der Waals surface area contributed by atoms with Gasteiger partial charge in [-0.25, -0.2) is 0 Å². The molecule has 4 heteroatoms. The molecule has 0 radical (unpaired) electrons. The van der Waals surface area contributed by atoms with Gasteiger partial charge in [0, 0.05) is 10.9 Å². The van der Waals surface area contributed by atoms with Gasteiger partial charge < -0.3 is 9.88 Å². The summed E-state index contributed by atoms with van der Waals surface area (Å²) in [4.78, 5) is 14.2. The molecule has 1 N–H and O–H groups in total. The van der Waals surface area contributed by atoms with Crippen LogP contribution in [-0.2, 0) is 17.8 Å². The van der Waals surface area contributed by atoms with Crippen molar-refractivity contribution >= 4 is 28.1 Å². The van der Waals surface area contributed by atoms with Crippen LogP contribution >= 0.6 is 11.3 Å². The first-order valence-electron chi connectivity index (χ1n) is 9.79. The molecule has 0 aliphatic heterocycles. The number of aryl methyl sites for hydroxylation is 1. The zero-order valence-electron chi connectivity index (χ0n) is 15.6. The molecule has 0 saturated heterocycles. The molecule has 5 rings (SSSR count). The van der Waals surface area contributed by atoms with Crippen molar-refractivity contribution in [1.29, 1.82) is 0 Å². The van der Waals surface area contributed by atoms with E-state index in [-0.39, 0.29) is 11.9 Å². The minimum atomic E-state index is 0.0702. The molecule has 0 spiro atoms. The van der Waals surface area contributed by atoms with Gasteiger partial charge in [-0.05, 0) is 54.0 Å². The molecule has 0 unspecified atom stereocenters. The second kappa shape index (κ2) is 7.28. The van der Waals surface area contributed by atoms with Gasteiger partial charge in [-0.15, -0.1) is 11.3 Å². The molecule has 0 fully saturated rings. The number of benzene rings is 2. The molecule has 2 aromatic carbocycles. The molecule has 1 amide bonds. The molecule has 140 valence electrons. The van der Waals surface area contributed by atoms with Crippen LogP contribution in [0, 0.1) is 0 Å². The first-order chi connectivity index (χ1) is 13.8. The number of hydrogen-bond acceptors (Lipinski definition) is 2. The lowest BCUT2D eigenvalue weighted by molar-refractivity contribution is -0.122. The molecule has 1 aliphatic carbocycles. The van der Waals surface area contributed by atoms with Crippen molar-refractivity contribution in [3.63, 3.8) is 0 Å². The monoisotopic (exact) mass is 386 g/mol. The molecule has 2 heterocycles. The highest BCUT2D eigenvalue weighted by molar-refractivity contribution is 7.13. The van der Waals surface area contributed by atoms with Crippen LogP contribution in [0.3, 0.4) is 0 Å². The van der Waals surface area contributed by atoms with Gasteiger partial charge in [-0.1, -0.05) is 48.5 Å². The highest BCUT2D eigenvalue weighted by Crippen LogP contribution is 2.32. The maximum atomic E-state index is 13.0. The van der Waals surface area contributed by atoms with Crippen LogP contribution in [0.5, 0.6) is 0 Å². The molecule has 0 bridgehead atoms. The smallest absolute Gasteiger partial charge is 0.240 e. The SMILES string of the molecule is O=C(Cn1c(-c2cccs2)cc2ccccc21)N[C@@H]1CCCc2ccccc21. The Morgan fingerprint density at radius 3 is 2.82 bits per heavy atom. The van der Waals surface area contributed by atoms with Crippen LogP contribution in [0.15, 0.2) is 72.1 Å². The number of thiophene rings is 1. The average Bonchev–Trinajstić information content (AvgIpc) is 3.37. The maximum Gasteiger partial charge on any atom is 0.240 e. The third kappa shape index (κ3) is 3.14. The Bertz CT molecular complexity index is 1130. The average molecular weight is 387 g/mol. The topological polar surface area (TPSA) is 34.0 Å². The molecular weight excluding hydrogens is 364 g/mol. The summed E-state index contributed by atoms with van der Waals surface area (Å²) >= 11 is 1.71. The van der Waals surface area contributed by atoms with Gasteiger partial charge >= 0.3 is 0 Å². The van der Waals surface area contributed by atoms with Crippen molar-refractivity contribution in [2.45, 2.75) is 31.8 Å². The first-order valence-corrected chi connectivity index (χ1v) is 10.7. The number of aromatic nitrogens is 1. The van der Waals surface area contributed by atoms with Crippen LogP contribution in [-0.4, -0.2) is 10.5 Å². The Labute approximate surface area is 168 Å². The lowest BCUT2D eigenvalue weighted by Crippen LogP contribution is -2.33. The third-order valence-electron chi connectivity index (χ3n) is 5.59. The second-order valence-electron chi connectivity index (χ2n) is 7.36. The fourth-order valence-corrected chi connectivity index (χ4v) is 5.05. The van der Waals surface area contributed by atoms with Gasteiger partial charge in [0.1, 0.15) is 6.54 Å². The number of nitrogens with zero attached hydrogens (tertiary/aromatic N) is 1.